The molecule has 0 spiro atoms. The second-order valence-corrected chi connectivity index (χ2v) is 5.64. The Morgan fingerprint density at radius 3 is 2.32 bits per heavy atom. The molecule has 0 aromatic heterocycles. The monoisotopic (exact) mass is 313 g/mol. The lowest BCUT2D eigenvalue weighted by Crippen LogP contribution is -2.48. The van der Waals surface area contributed by atoms with E-state index < -0.39 is 11.9 Å². The number of nitrogens with zero attached hydrogens (tertiary/aromatic N) is 3. The van der Waals surface area contributed by atoms with E-state index >= 15 is 0 Å². The van der Waals surface area contributed by atoms with Crippen LogP contribution < -0.4 is 0 Å². The van der Waals surface area contributed by atoms with Gasteiger partial charge in [-0.1, -0.05) is 0 Å². The minimum atomic E-state index is -0.898. The number of likely N-dealkylation sites (tertiary alicyclic amines) is 1. The molecule has 0 saturated carbocycles. The van der Waals surface area contributed by atoms with Gasteiger partial charge in [-0.2, -0.15) is 0 Å². The number of rotatable bonds is 5. The largest absolute Gasteiger partial charge is 0.481 e. The van der Waals surface area contributed by atoms with Crippen LogP contribution in [0.3, 0.4) is 0 Å². The van der Waals surface area contributed by atoms with Crippen molar-refractivity contribution in [1.82, 2.24) is 14.7 Å². The van der Waals surface area contributed by atoms with Gasteiger partial charge in [0.05, 0.1) is 19.0 Å². The van der Waals surface area contributed by atoms with E-state index in [1.807, 2.05) is 0 Å². The molecule has 8 nitrogen and oxygen atoms in total. The third kappa shape index (κ3) is 5.01. The van der Waals surface area contributed by atoms with Gasteiger partial charge in [-0.05, 0) is 12.8 Å². The zero-order valence-corrected chi connectivity index (χ0v) is 13.2. The highest BCUT2D eigenvalue weighted by Gasteiger charge is 2.29. The van der Waals surface area contributed by atoms with E-state index in [1.165, 1.54) is 35.7 Å². The Hall–Kier alpha value is -2.12. The summed E-state index contributed by atoms with van der Waals surface area (Å²) < 4.78 is 0. The Balaban J connectivity index is 2.51. The number of carboxylic acid groups (broad SMARTS) is 1. The standard InChI is InChI=1S/C14H23N3O5/c1-10(18)15(2)8-12(19)16(3)9-13(20)17-6-4-5-11(7-17)14(21)22/h11H,4-9H2,1-3H3,(H,21,22). The van der Waals surface area contributed by atoms with Crippen molar-refractivity contribution in [2.24, 2.45) is 5.92 Å². The van der Waals surface area contributed by atoms with Gasteiger partial charge >= 0.3 is 5.97 Å². The summed E-state index contributed by atoms with van der Waals surface area (Å²) in [5.41, 5.74) is 0. The van der Waals surface area contributed by atoms with Gasteiger partial charge < -0.3 is 19.8 Å². The zero-order valence-electron chi connectivity index (χ0n) is 13.2. The van der Waals surface area contributed by atoms with E-state index in [1.54, 1.807) is 0 Å². The smallest absolute Gasteiger partial charge is 0.308 e. The quantitative estimate of drug-likeness (QED) is 0.720. The molecule has 0 bridgehead atoms. The van der Waals surface area contributed by atoms with Crippen molar-refractivity contribution >= 4 is 23.7 Å². The van der Waals surface area contributed by atoms with Crippen molar-refractivity contribution in [1.29, 1.82) is 0 Å². The van der Waals surface area contributed by atoms with Crippen LogP contribution in [0.4, 0.5) is 0 Å². The fourth-order valence-corrected chi connectivity index (χ4v) is 2.23. The first-order valence-corrected chi connectivity index (χ1v) is 7.18. The molecule has 3 amide bonds. The maximum absolute atomic E-state index is 12.2. The van der Waals surface area contributed by atoms with Gasteiger partial charge in [-0.3, -0.25) is 19.2 Å². The Labute approximate surface area is 129 Å². The summed E-state index contributed by atoms with van der Waals surface area (Å²) in [6, 6.07) is 0. The maximum Gasteiger partial charge on any atom is 0.308 e. The van der Waals surface area contributed by atoms with Crippen molar-refractivity contribution in [2.75, 3.05) is 40.3 Å². The molecule has 1 aliphatic rings. The van der Waals surface area contributed by atoms with E-state index in [9.17, 15) is 19.2 Å². The predicted octanol–water partition coefficient (Wildman–Crippen LogP) is -0.754. The molecule has 1 atom stereocenters. The number of hydrogen-bond donors (Lipinski definition) is 1. The lowest BCUT2D eigenvalue weighted by atomic mass is 9.98. The van der Waals surface area contributed by atoms with Crippen LogP contribution in [-0.4, -0.2) is 83.8 Å². The zero-order chi connectivity index (χ0) is 16.9. The summed E-state index contributed by atoms with van der Waals surface area (Å²) in [4.78, 5) is 50.2. The molecular weight excluding hydrogens is 290 g/mol. The van der Waals surface area contributed by atoms with Crippen LogP contribution in [0.5, 0.6) is 0 Å². The van der Waals surface area contributed by atoms with Gasteiger partial charge in [0.2, 0.25) is 17.7 Å². The summed E-state index contributed by atoms with van der Waals surface area (Å²) in [5, 5.41) is 9.02. The molecule has 8 heteroatoms. The van der Waals surface area contributed by atoms with Gasteiger partial charge in [0.1, 0.15) is 0 Å². The van der Waals surface area contributed by atoms with E-state index in [-0.39, 0.29) is 37.4 Å². The van der Waals surface area contributed by atoms with Gasteiger partial charge in [0.15, 0.2) is 0 Å². The Morgan fingerprint density at radius 1 is 1.14 bits per heavy atom. The third-order valence-electron chi connectivity index (χ3n) is 3.83. The number of carbonyl (C=O) groups excluding carboxylic acids is 3. The SMILES string of the molecule is CC(=O)N(C)CC(=O)N(C)CC(=O)N1CCCC(C(=O)O)C1. The molecule has 0 aromatic rings. The fraction of sp³-hybridized carbons (Fsp3) is 0.714. The second-order valence-electron chi connectivity index (χ2n) is 5.64. The Bertz CT molecular complexity index is 465. The summed E-state index contributed by atoms with van der Waals surface area (Å²) in [6.07, 6.45) is 1.21. The van der Waals surface area contributed by atoms with Crippen LogP contribution in [0.2, 0.25) is 0 Å². The molecule has 0 radical (unpaired) electrons. The van der Waals surface area contributed by atoms with Crippen molar-refractivity contribution < 1.29 is 24.3 Å². The highest BCUT2D eigenvalue weighted by Crippen LogP contribution is 2.16. The first kappa shape index (κ1) is 17.9. The maximum atomic E-state index is 12.2. The molecular formula is C14H23N3O5. The summed E-state index contributed by atoms with van der Waals surface area (Å²) in [6.45, 7) is 1.85. The summed E-state index contributed by atoms with van der Waals surface area (Å²) in [7, 11) is 3.00. The molecule has 1 N–H and O–H groups in total. The van der Waals surface area contributed by atoms with Crippen molar-refractivity contribution in [3.63, 3.8) is 0 Å². The number of aliphatic carboxylic acids is 1. The van der Waals surface area contributed by atoms with Gasteiger partial charge in [-0.25, -0.2) is 0 Å². The first-order chi connectivity index (χ1) is 10.2. The Morgan fingerprint density at radius 2 is 1.77 bits per heavy atom. The number of likely N-dealkylation sites (N-methyl/N-ethyl adjacent to an activating group) is 2. The summed E-state index contributed by atoms with van der Waals surface area (Å²) in [5.74, 6) is -2.27. The highest BCUT2D eigenvalue weighted by atomic mass is 16.4. The third-order valence-corrected chi connectivity index (χ3v) is 3.83. The van der Waals surface area contributed by atoms with E-state index in [2.05, 4.69) is 0 Å². The van der Waals surface area contributed by atoms with E-state index in [0.29, 0.717) is 19.4 Å². The molecule has 1 heterocycles. The fourth-order valence-electron chi connectivity index (χ4n) is 2.23. The molecule has 124 valence electrons. The normalized spacial score (nSPS) is 17.8. The first-order valence-electron chi connectivity index (χ1n) is 7.18. The van der Waals surface area contributed by atoms with Crippen LogP contribution in [0.15, 0.2) is 0 Å². The average molecular weight is 313 g/mol. The van der Waals surface area contributed by atoms with Gasteiger partial charge in [0, 0.05) is 34.1 Å². The van der Waals surface area contributed by atoms with Crippen LogP contribution >= 0.6 is 0 Å². The topological polar surface area (TPSA) is 98.2 Å². The van der Waals surface area contributed by atoms with Crippen LogP contribution in [0.1, 0.15) is 19.8 Å². The lowest BCUT2D eigenvalue weighted by molar-refractivity contribution is -0.147. The Kier molecular flexibility index (Phi) is 6.33. The van der Waals surface area contributed by atoms with Crippen LogP contribution in [0.25, 0.3) is 0 Å². The molecule has 0 aromatic carbocycles. The molecule has 1 saturated heterocycles. The predicted molar refractivity (Wildman–Crippen MR) is 77.9 cm³/mol. The van der Waals surface area contributed by atoms with Crippen molar-refractivity contribution in [3.8, 4) is 0 Å². The van der Waals surface area contributed by atoms with E-state index in [0.717, 1.165) is 0 Å². The average Bonchev–Trinajstić information content (AvgIpc) is 2.46. The van der Waals surface area contributed by atoms with E-state index in [4.69, 9.17) is 5.11 Å². The minimum absolute atomic E-state index is 0.0864. The molecule has 0 aliphatic carbocycles. The van der Waals surface area contributed by atoms with Crippen molar-refractivity contribution in [2.45, 2.75) is 19.8 Å². The van der Waals surface area contributed by atoms with Gasteiger partial charge in [0.25, 0.3) is 0 Å². The number of amides is 3. The molecule has 1 unspecified atom stereocenters. The molecule has 1 rings (SSSR count). The highest BCUT2D eigenvalue weighted by molar-refractivity contribution is 5.88. The molecule has 1 aliphatic heterocycles. The van der Waals surface area contributed by atoms with Crippen LogP contribution in [-0.2, 0) is 19.2 Å². The van der Waals surface area contributed by atoms with Crippen LogP contribution in [0, 0.1) is 5.92 Å². The second kappa shape index (κ2) is 7.77. The summed E-state index contributed by atoms with van der Waals surface area (Å²) >= 11 is 0. The lowest BCUT2D eigenvalue weighted by Gasteiger charge is -2.32. The number of carbonyl (C=O) groups is 4. The van der Waals surface area contributed by atoms with Gasteiger partial charge in [-0.15, -0.1) is 0 Å². The van der Waals surface area contributed by atoms with Crippen molar-refractivity contribution in [3.05, 3.63) is 0 Å². The number of hydrogen-bond acceptors (Lipinski definition) is 4. The molecule has 22 heavy (non-hydrogen) atoms. The molecule has 1 fully saturated rings. The minimum Gasteiger partial charge on any atom is -0.481 e. The number of piperidine rings is 1. The number of carboxylic acids is 1.